The Morgan fingerprint density at radius 3 is 2.69 bits per heavy atom. The molecule has 0 aliphatic rings. The van der Waals surface area contributed by atoms with Gasteiger partial charge in [0.25, 0.3) is 0 Å². The maximum Gasteiger partial charge on any atom is 0.129 e. The Labute approximate surface area is 170 Å². The van der Waals surface area contributed by atoms with Crippen LogP contribution < -0.4 is 5.32 Å². The number of benzene rings is 2. The van der Waals surface area contributed by atoms with Crippen molar-refractivity contribution in [3.05, 3.63) is 107 Å². The minimum atomic E-state index is -0.285. The van der Waals surface area contributed by atoms with Crippen LogP contribution in [0.15, 0.2) is 73.6 Å². The Morgan fingerprint density at radius 2 is 1.90 bits per heavy atom. The van der Waals surface area contributed by atoms with Crippen LogP contribution in [0, 0.1) is 19.7 Å². The van der Waals surface area contributed by atoms with Crippen molar-refractivity contribution in [1.29, 1.82) is 0 Å². The molecule has 0 radical (unpaired) electrons. The van der Waals surface area contributed by atoms with Crippen LogP contribution in [0.4, 0.5) is 10.2 Å². The van der Waals surface area contributed by atoms with Crippen molar-refractivity contribution in [1.82, 2.24) is 9.97 Å². The molecule has 29 heavy (non-hydrogen) atoms. The molecule has 0 saturated carbocycles. The van der Waals surface area contributed by atoms with Gasteiger partial charge in [-0.05, 0) is 65.9 Å². The second-order valence-corrected chi connectivity index (χ2v) is 7.19. The first-order chi connectivity index (χ1) is 14.0. The van der Waals surface area contributed by atoms with Crippen molar-refractivity contribution in [3.8, 4) is 0 Å². The number of halogens is 1. The maximum absolute atomic E-state index is 13.9. The monoisotopic (exact) mass is 383 g/mol. The highest BCUT2D eigenvalue weighted by atomic mass is 19.1. The number of anilines is 1. The van der Waals surface area contributed by atoms with Gasteiger partial charge in [0.2, 0.25) is 0 Å². The fourth-order valence-corrected chi connectivity index (χ4v) is 3.59. The van der Waals surface area contributed by atoms with E-state index >= 15 is 0 Å². The third kappa shape index (κ3) is 3.87. The number of pyridine rings is 2. The summed E-state index contributed by atoms with van der Waals surface area (Å²) in [5.74, 6) is 0.508. The van der Waals surface area contributed by atoms with E-state index in [9.17, 15) is 4.39 Å². The van der Waals surface area contributed by atoms with Gasteiger partial charge in [-0.2, -0.15) is 0 Å². The number of nitrogens with zero attached hydrogens (tertiary/aromatic N) is 2. The van der Waals surface area contributed by atoms with Gasteiger partial charge in [0, 0.05) is 17.8 Å². The Kier molecular flexibility index (Phi) is 5.09. The smallest absolute Gasteiger partial charge is 0.129 e. The predicted octanol–water partition coefficient (Wildman–Crippen LogP) is 6.23. The largest absolute Gasteiger partial charge is 0.359 e. The molecule has 4 rings (SSSR count). The lowest BCUT2D eigenvalue weighted by Crippen LogP contribution is -2.15. The number of fused-ring (bicyclic) bond motifs is 1. The molecular weight excluding hydrogens is 361 g/mol. The number of aromatic nitrogens is 2. The number of rotatable bonds is 5. The molecule has 0 bridgehead atoms. The van der Waals surface area contributed by atoms with E-state index in [-0.39, 0.29) is 11.9 Å². The van der Waals surface area contributed by atoms with Crippen LogP contribution in [-0.4, -0.2) is 9.97 Å². The van der Waals surface area contributed by atoms with Gasteiger partial charge < -0.3 is 5.32 Å². The van der Waals surface area contributed by atoms with E-state index in [4.69, 9.17) is 0 Å². The quantitative estimate of drug-likeness (QED) is 0.444. The molecule has 0 saturated heterocycles. The Balaban J connectivity index is 1.87. The van der Waals surface area contributed by atoms with Gasteiger partial charge in [0.05, 0.1) is 11.6 Å². The first-order valence-corrected chi connectivity index (χ1v) is 9.51. The first-order valence-electron chi connectivity index (χ1n) is 9.51. The van der Waals surface area contributed by atoms with Crippen molar-refractivity contribution >= 4 is 22.8 Å². The van der Waals surface area contributed by atoms with E-state index in [1.54, 1.807) is 18.3 Å². The molecule has 4 aromatic rings. The fraction of sp³-hybridized carbons (Fsp3) is 0.120. The Morgan fingerprint density at radius 1 is 1.03 bits per heavy atom. The standard InChI is InChI=1S/C25H22FN3/c1-4-18-13-21(26)9-10-22(18)24(29-25-17(3)12-16(2)15-28-25)20-8-7-19-6-5-11-27-23(19)14-20/h4-15,24H,1H2,2-3H3,(H,28,29). The average molecular weight is 383 g/mol. The molecule has 0 amide bonds. The molecule has 144 valence electrons. The summed E-state index contributed by atoms with van der Waals surface area (Å²) < 4.78 is 13.9. The summed E-state index contributed by atoms with van der Waals surface area (Å²) in [6.07, 6.45) is 5.31. The molecule has 1 N–H and O–H groups in total. The molecule has 3 nitrogen and oxygen atoms in total. The SMILES string of the molecule is C=Cc1cc(F)ccc1C(Nc1ncc(C)cc1C)c1ccc2cccnc2c1. The van der Waals surface area contributed by atoms with E-state index in [0.29, 0.717) is 0 Å². The summed E-state index contributed by atoms with van der Waals surface area (Å²) in [7, 11) is 0. The van der Waals surface area contributed by atoms with Crippen LogP contribution in [0.25, 0.3) is 17.0 Å². The highest BCUT2D eigenvalue weighted by Crippen LogP contribution is 2.32. The highest BCUT2D eigenvalue weighted by molar-refractivity contribution is 5.79. The van der Waals surface area contributed by atoms with Crippen LogP contribution in [-0.2, 0) is 0 Å². The minimum absolute atomic E-state index is 0.232. The zero-order valence-electron chi connectivity index (χ0n) is 16.5. The lowest BCUT2D eigenvalue weighted by Gasteiger charge is -2.24. The van der Waals surface area contributed by atoms with Gasteiger partial charge in [0.15, 0.2) is 0 Å². The maximum atomic E-state index is 13.9. The molecule has 0 aliphatic carbocycles. The number of nitrogens with one attached hydrogen (secondary N) is 1. The molecule has 4 heteroatoms. The summed E-state index contributed by atoms with van der Waals surface area (Å²) >= 11 is 0. The summed E-state index contributed by atoms with van der Waals surface area (Å²) in [6.45, 7) is 7.92. The third-order valence-corrected chi connectivity index (χ3v) is 5.04. The minimum Gasteiger partial charge on any atom is -0.359 e. The van der Waals surface area contributed by atoms with Crippen LogP contribution >= 0.6 is 0 Å². The Bertz CT molecular complexity index is 1200. The number of aryl methyl sites for hydroxylation is 2. The predicted molar refractivity (Wildman–Crippen MR) is 117 cm³/mol. The molecule has 1 unspecified atom stereocenters. The molecule has 0 aliphatic heterocycles. The zero-order chi connectivity index (χ0) is 20.4. The molecular formula is C25H22FN3. The second-order valence-electron chi connectivity index (χ2n) is 7.19. The summed E-state index contributed by atoms with van der Waals surface area (Å²) in [5, 5.41) is 4.63. The van der Waals surface area contributed by atoms with Crippen molar-refractivity contribution < 1.29 is 4.39 Å². The normalized spacial score (nSPS) is 12.0. The van der Waals surface area contributed by atoms with Crippen LogP contribution in [0.1, 0.15) is 33.9 Å². The lowest BCUT2D eigenvalue weighted by atomic mass is 9.93. The van der Waals surface area contributed by atoms with Gasteiger partial charge in [-0.1, -0.05) is 43.0 Å². The average Bonchev–Trinajstić information content (AvgIpc) is 2.73. The summed E-state index contributed by atoms with van der Waals surface area (Å²) in [6, 6.07) is 16.8. The molecule has 2 aromatic carbocycles. The second kappa shape index (κ2) is 7.84. The topological polar surface area (TPSA) is 37.8 Å². The van der Waals surface area contributed by atoms with Crippen molar-refractivity contribution in [2.75, 3.05) is 5.32 Å². The van der Waals surface area contributed by atoms with Gasteiger partial charge >= 0.3 is 0 Å². The Hall–Kier alpha value is -3.53. The van der Waals surface area contributed by atoms with Crippen molar-refractivity contribution in [2.24, 2.45) is 0 Å². The molecule has 0 spiro atoms. The zero-order valence-corrected chi connectivity index (χ0v) is 16.5. The van der Waals surface area contributed by atoms with E-state index in [1.165, 1.54) is 12.1 Å². The molecule has 2 heterocycles. The van der Waals surface area contributed by atoms with Crippen LogP contribution in [0.3, 0.4) is 0 Å². The summed E-state index contributed by atoms with van der Waals surface area (Å²) in [5.41, 5.74) is 5.76. The van der Waals surface area contributed by atoms with E-state index in [1.807, 2.05) is 32.2 Å². The van der Waals surface area contributed by atoms with E-state index < -0.39 is 0 Å². The van der Waals surface area contributed by atoms with Gasteiger partial charge in [-0.25, -0.2) is 9.37 Å². The van der Waals surface area contributed by atoms with Crippen molar-refractivity contribution in [2.45, 2.75) is 19.9 Å². The third-order valence-electron chi connectivity index (χ3n) is 5.04. The molecule has 1 atom stereocenters. The fourth-order valence-electron chi connectivity index (χ4n) is 3.59. The molecule has 0 fully saturated rings. The van der Waals surface area contributed by atoms with Crippen LogP contribution in [0.5, 0.6) is 0 Å². The van der Waals surface area contributed by atoms with E-state index in [0.717, 1.165) is 44.5 Å². The lowest BCUT2D eigenvalue weighted by molar-refractivity contribution is 0.626. The first kappa shape index (κ1) is 18.8. The van der Waals surface area contributed by atoms with Crippen molar-refractivity contribution in [3.63, 3.8) is 0 Å². The van der Waals surface area contributed by atoms with E-state index in [2.05, 4.69) is 46.1 Å². The number of hydrogen-bond acceptors (Lipinski definition) is 3. The molecule has 2 aromatic heterocycles. The van der Waals surface area contributed by atoms with Gasteiger partial charge in [-0.15, -0.1) is 0 Å². The summed E-state index contributed by atoms with van der Waals surface area (Å²) in [4.78, 5) is 9.06. The van der Waals surface area contributed by atoms with Crippen LogP contribution in [0.2, 0.25) is 0 Å². The highest BCUT2D eigenvalue weighted by Gasteiger charge is 2.19. The number of hydrogen-bond donors (Lipinski definition) is 1. The van der Waals surface area contributed by atoms with Gasteiger partial charge in [-0.3, -0.25) is 4.98 Å². The van der Waals surface area contributed by atoms with Gasteiger partial charge in [0.1, 0.15) is 11.6 Å².